The van der Waals surface area contributed by atoms with Crippen molar-refractivity contribution in [2.24, 2.45) is 0 Å². The molecule has 0 spiro atoms. The van der Waals surface area contributed by atoms with E-state index in [2.05, 4.69) is 28.8 Å². The Labute approximate surface area is 76.8 Å². The van der Waals surface area contributed by atoms with E-state index >= 15 is 0 Å². The topological polar surface area (TPSA) is 15.8 Å². The fourth-order valence-electron chi connectivity index (χ4n) is 1.28. The summed E-state index contributed by atoms with van der Waals surface area (Å²) < 4.78 is 5.16. The molecule has 66 valence electrons. The Morgan fingerprint density at radius 1 is 1.75 bits per heavy atom. The van der Waals surface area contributed by atoms with Crippen molar-refractivity contribution in [1.29, 1.82) is 0 Å². The van der Waals surface area contributed by atoms with Crippen molar-refractivity contribution in [3.8, 4) is 0 Å². The largest absolute Gasteiger partial charge is 0.372 e. The molecule has 0 N–H and O–H groups in total. The maximum Gasteiger partial charge on any atom is 0.0936 e. The van der Waals surface area contributed by atoms with Crippen molar-refractivity contribution in [3.05, 3.63) is 22.4 Å². The number of ether oxygens (including phenoxy) is 1. The van der Waals surface area contributed by atoms with Crippen LogP contribution in [-0.4, -0.2) is 31.2 Å². The van der Waals surface area contributed by atoms with Crippen molar-refractivity contribution in [2.45, 2.75) is 12.6 Å². The van der Waals surface area contributed by atoms with E-state index in [1.807, 2.05) is 0 Å². The Kier molecular flexibility index (Phi) is 2.44. The molecule has 2 rings (SSSR count). The monoisotopic (exact) mass is 183 g/mol. The Bertz CT molecular complexity index is 231. The molecule has 3 heteroatoms. The first-order valence-corrected chi connectivity index (χ1v) is 5.10. The smallest absolute Gasteiger partial charge is 0.0936 e. The average molecular weight is 183 g/mol. The zero-order valence-electron chi connectivity index (χ0n) is 7.19. The maximum atomic E-state index is 5.16. The number of thiophene rings is 1. The minimum absolute atomic E-state index is 0.508. The van der Waals surface area contributed by atoms with Crippen LogP contribution in [0, 0.1) is 0 Å². The summed E-state index contributed by atoms with van der Waals surface area (Å²) in [5.74, 6) is 0. The van der Waals surface area contributed by atoms with Gasteiger partial charge in [-0.15, -0.1) is 0 Å². The molecule has 1 aliphatic heterocycles. The molecule has 0 saturated carbocycles. The number of hydrogen-bond acceptors (Lipinski definition) is 3. The second-order valence-electron chi connectivity index (χ2n) is 3.28. The molecule has 0 aromatic carbocycles. The summed E-state index contributed by atoms with van der Waals surface area (Å²) in [6.45, 7) is 3.06. The minimum Gasteiger partial charge on any atom is -0.372 e. The highest BCUT2D eigenvalue weighted by molar-refractivity contribution is 7.07. The van der Waals surface area contributed by atoms with Crippen molar-refractivity contribution < 1.29 is 4.74 Å². The van der Waals surface area contributed by atoms with Crippen LogP contribution in [0.1, 0.15) is 5.56 Å². The summed E-state index contributed by atoms with van der Waals surface area (Å²) in [6, 6.07) is 2.18. The normalized spacial score (nSPS) is 21.7. The van der Waals surface area contributed by atoms with Crippen LogP contribution in [0.3, 0.4) is 0 Å². The lowest BCUT2D eigenvalue weighted by Gasteiger charge is -2.13. The van der Waals surface area contributed by atoms with Gasteiger partial charge in [-0.2, -0.15) is 11.3 Å². The van der Waals surface area contributed by atoms with Gasteiger partial charge in [-0.05, 0) is 29.4 Å². The summed E-state index contributed by atoms with van der Waals surface area (Å²) in [5.41, 5.74) is 1.41. The van der Waals surface area contributed by atoms with Gasteiger partial charge in [0.2, 0.25) is 0 Å². The first kappa shape index (κ1) is 8.23. The number of rotatable bonds is 4. The SMILES string of the molecule is CN(Cc1ccsc1)CC1CO1. The molecule has 1 fully saturated rings. The van der Waals surface area contributed by atoms with Gasteiger partial charge in [0.1, 0.15) is 0 Å². The molecule has 0 amide bonds. The van der Waals surface area contributed by atoms with E-state index in [1.54, 1.807) is 11.3 Å². The molecule has 12 heavy (non-hydrogen) atoms. The van der Waals surface area contributed by atoms with Gasteiger partial charge in [0.15, 0.2) is 0 Å². The van der Waals surface area contributed by atoms with Gasteiger partial charge < -0.3 is 4.74 Å². The molecule has 1 aromatic heterocycles. The summed E-state index contributed by atoms with van der Waals surface area (Å²) in [6.07, 6.45) is 0.508. The van der Waals surface area contributed by atoms with Crippen LogP contribution >= 0.6 is 11.3 Å². The zero-order valence-corrected chi connectivity index (χ0v) is 8.01. The summed E-state index contributed by atoms with van der Waals surface area (Å²) >= 11 is 1.76. The quantitative estimate of drug-likeness (QED) is 0.659. The molecule has 1 aromatic rings. The van der Waals surface area contributed by atoms with Crippen LogP contribution in [-0.2, 0) is 11.3 Å². The van der Waals surface area contributed by atoms with Gasteiger partial charge in [-0.3, -0.25) is 4.90 Å². The highest BCUT2D eigenvalue weighted by Gasteiger charge is 2.23. The highest BCUT2D eigenvalue weighted by Crippen LogP contribution is 2.13. The van der Waals surface area contributed by atoms with E-state index in [4.69, 9.17) is 4.74 Å². The standard InChI is InChI=1S/C9H13NOS/c1-10(5-9-6-11-9)4-8-2-3-12-7-8/h2-3,7,9H,4-6H2,1H3. The van der Waals surface area contributed by atoms with E-state index in [0.29, 0.717) is 6.10 Å². The van der Waals surface area contributed by atoms with E-state index in [-0.39, 0.29) is 0 Å². The van der Waals surface area contributed by atoms with E-state index in [9.17, 15) is 0 Å². The molecule has 0 radical (unpaired) electrons. The van der Waals surface area contributed by atoms with E-state index in [1.165, 1.54) is 5.56 Å². The molecule has 0 bridgehead atoms. The van der Waals surface area contributed by atoms with Crippen LogP contribution in [0.5, 0.6) is 0 Å². The first-order valence-electron chi connectivity index (χ1n) is 4.16. The third-order valence-corrected chi connectivity index (χ3v) is 2.68. The Morgan fingerprint density at radius 3 is 3.17 bits per heavy atom. The van der Waals surface area contributed by atoms with Crippen LogP contribution in [0.25, 0.3) is 0 Å². The molecule has 1 atom stereocenters. The predicted octanol–water partition coefficient (Wildman–Crippen LogP) is 1.58. The third-order valence-electron chi connectivity index (χ3n) is 1.95. The fraction of sp³-hybridized carbons (Fsp3) is 0.556. The summed E-state index contributed by atoms with van der Waals surface area (Å²) in [7, 11) is 2.14. The van der Waals surface area contributed by atoms with Crippen LogP contribution < -0.4 is 0 Å². The zero-order chi connectivity index (χ0) is 8.39. The lowest BCUT2D eigenvalue weighted by Crippen LogP contribution is -2.22. The Hall–Kier alpha value is -0.380. The fourth-order valence-corrected chi connectivity index (χ4v) is 1.94. The lowest BCUT2D eigenvalue weighted by molar-refractivity contribution is 0.278. The van der Waals surface area contributed by atoms with Crippen molar-refractivity contribution in [3.63, 3.8) is 0 Å². The molecule has 1 unspecified atom stereocenters. The van der Waals surface area contributed by atoms with E-state index in [0.717, 1.165) is 19.7 Å². The first-order chi connectivity index (χ1) is 5.84. The number of hydrogen-bond donors (Lipinski definition) is 0. The second-order valence-corrected chi connectivity index (χ2v) is 4.06. The molecular weight excluding hydrogens is 170 g/mol. The minimum atomic E-state index is 0.508. The molecular formula is C9H13NOS. The van der Waals surface area contributed by atoms with Crippen molar-refractivity contribution in [2.75, 3.05) is 20.2 Å². The number of epoxide rings is 1. The van der Waals surface area contributed by atoms with Crippen molar-refractivity contribution >= 4 is 11.3 Å². The van der Waals surface area contributed by atoms with Crippen LogP contribution in [0.2, 0.25) is 0 Å². The van der Waals surface area contributed by atoms with Gasteiger partial charge >= 0.3 is 0 Å². The Morgan fingerprint density at radius 2 is 2.58 bits per heavy atom. The van der Waals surface area contributed by atoms with Crippen LogP contribution in [0.4, 0.5) is 0 Å². The van der Waals surface area contributed by atoms with Gasteiger partial charge in [-0.25, -0.2) is 0 Å². The molecule has 1 aliphatic rings. The van der Waals surface area contributed by atoms with Gasteiger partial charge in [0, 0.05) is 13.1 Å². The molecule has 1 saturated heterocycles. The lowest BCUT2D eigenvalue weighted by atomic mass is 10.3. The summed E-state index contributed by atoms with van der Waals surface area (Å²) in [4.78, 5) is 2.31. The van der Waals surface area contributed by atoms with Gasteiger partial charge in [0.05, 0.1) is 12.7 Å². The van der Waals surface area contributed by atoms with Gasteiger partial charge in [0.25, 0.3) is 0 Å². The Balaban J connectivity index is 1.77. The molecule has 2 nitrogen and oxygen atoms in total. The van der Waals surface area contributed by atoms with Crippen molar-refractivity contribution in [1.82, 2.24) is 4.90 Å². The number of likely N-dealkylation sites (N-methyl/N-ethyl adjacent to an activating group) is 1. The summed E-state index contributed by atoms with van der Waals surface area (Å²) in [5, 5.41) is 4.32. The van der Waals surface area contributed by atoms with Gasteiger partial charge in [-0.1, -0.05) is 0 Å². The third kappa shape index (κ3) is 2.30. The second kappa shape index (κ2) is 3.56. The van der Waals surface area contributed by atoms with Crippen LogP contribution in [0.15, 0.2) is 16.8 Å². The molecule has 0 aliphatic carbocycles. The predicted molar refractivity (Wildman–Crippen MR) is 50.4 cm³/mol. The van der Waals surface area contributed by atoms with E-state index < -0.39 is 0 Å². The molecule has 2 heterocycles. The number of nitrogens with zero attached hydrogens (tertiary/aromatic N) is 1. The maximum absolute atomic E-state index is 5.16. The highest BCUT2D eigenvalue weighted by atomic mass is 32.1. The average Bonchev–Trinajstić information content (AvgIpc) is 2.66.